The summed E-state index contributed by atoms with van der Waals surface area (Å²) in [6.07, 6.45) is 0. The highest BCUT2D eigenvalue weighted by Gasteiger charge is 2.24. The monoisotopic (exact) mass is 253 g/mol. The topological polar surface area (TPSA) is 82.7 Å². The van der Waals surface area contributed by atoms with Crippen LogP contribution in [0.25, 0.3) is 0 Å². The SMILES string of the molecule is CC(C)c1[nH]c(N)c(C#N)c1C(=O)c1ccccc1. The predicted octanol–water partition coefficient (Wildman–Crippen LogP) is 2.82. The molecule has 1 aromatic carbocycles. The highest BCUT2D eigenvalue weighted by Crippen LogP contribution is 2.28. The molecule has 96 valence electrons. The van der Waals surface area contributed by atoms with Crippen molar-refractivity contribution in [3.8, 4) is 6.07 Å². The van der Waals surface area contributed by atoms with E-state index in [0.29, 0.717) is 16.8 Å². The van der Waals surface area contributed by atoms with Gasteiger partial charge in [-0.25, -0.2) is 0 Å². The molecule has 4 nitrogen and oxygen atoms in total. The zero-order valence-corrected chi connectivity index (χ0v) is 10.9. The maximum atomic E-state index is 12.5. The van der Waals surface area contributed by atoms with Gasteiger partial charge in [-0.05, 0) is 5.92 Å². The molecule has 0 aliphatic carbocycles. The highest BCUT2D eigenvalue weighted by atomic mass is 16.1. The molecule has 2 rings (SSSR count). The molecule has 0 bridgehead atoms. The van der Waals surface area contributed by atoms with Crippen molar-refractivity contribution in [2.75, 3.05) is 5.73 Å². The summed E-state index contributed by atoms with van der Waals surface area (Å²) in [7, 11) is 0. The second-order valence-electron chi connectivity index (χ2n) is 4.66. The number of hydrogen-bond acceptors (Lipinski definition) is 3. The molecule has 0 saturated carbocycles. The van der Waals surface area contributed by atoms with E-state index in [1.165, 1.54) is 0 Å². The summed E-state index contributed by atoms with van der Waals surface area (Å²) in [6.45, 7) is 3.91. The minimum absolute atomic E-state index is 0.0899. The summed E-state index contributed by atoms with van der Waals surface area (Å²) in [5, 5.41) is 9.19. The number of nitrogens with one attached hydrogen (secondary N) is 1. The van der Waals surface area contributed by atoms with Gasteiger partial charge in [0.2, 0.25) is 0 Å². The third kappa shape index (κ3) is 2.23. The number of hydrogen-bond donors (Lipinski definition) is 2. The lowest BCUT2D eigenvalue weighted by atomic mass is 9.96. The number of nitrogen functional groups attached to an aromatic ring is 1. The smallest absolute Gasteiger partial charge is 0.196 e. The number of benzene rings is 1. The van der Waals surface area contributed by atoms with Gasteiger partial charge in [0.1, 0.15) is 17.5 Å². The van der Waals surface area contributed by atoms with Crippen molar-refractivity contribution in [1.82, 2.24) is 4.98 Å². The Bertz CT molecular complexity index is 648. The van der Waals surface area contributed by atoms with Gasteiger partial charge in [0.25, 0.3) is 0 Å². The van der Waals surface area contributed by atoms with Crippen LogP contribution in [0.4, 0.5) is 5.82 Å². The molecule has 4 heteroatoms. The van der Waals surface area contributed by atoms with Gasteiger partial charge in [-0.3, -0.25) is 4.79 Å². The standard InChI is InChI=1S/C15H15N3O/c1-9(2)13-12(11(8-16)15(17)18-13)14(19)10-6-4-3-5-7-10/h3-7,9,18H,17H2,1-2H3. The van der Waals surface area contributed by atoms with Crippen LogP contribution in [0.5, 0.6) is 0 Å². The van der Waals surface area contributed by atoms with Crippen molar-refractivity contribution in [3.05, 3.63) is 52.7 Å². The Morgan fingerprint density at radius 2 is 1.95 bits per heavy atom. The van der Waals surface area contributed by atoms with E-state index in [-0.39, 0.29) is 23.1 Å². The third-order valence-corrected chi connectivity index (χ3v) is 3.01. The molecule has 0 amide bonds. The van der Waals surface area contributed by atoms with Gasteiger partial charge in [0.05, 0.1) is 5.56 Å². The molecule has 2 aromatic rings. The molecule has 0 aliphatic rings. The number of anilines is 1. The van der Waals surface area contributed by atoms with Gasteiger partial charge in [-0.2, -0.15) is 5.26 Å². The fourth-order valence-electron chi connectivity index (χ4n) is 2.06. The summed E-state index contributed by atoms with van der Waals surface area (Å²) in [5.41, 5.74) is 7.67. The number of aromatic amines is 1. The quantitative estimate of drug-likeness (QED) is 0.825. The Morgan fingerprint density at radius 1 is 1.32 bits per heavy atom. The summed E-state index contributed by atoms with van der Waals surface area (Å²) < 4.78 is 0. The van der Waals surface area contributed by atoms with Crippen LogP contribution in [-0.2, 0) is 0 Å². The first-order valence-electron chi connectivity index (χ1n) is 6.07. The minimum atomic E-state index is -0.172. The second-order valence-corrected chi connectivity index (χ2v) is 4.66. The number of aromatic nitrogens is 1. The van der Waals surface area contributed by atoms with E-state index < -0.39 is 0 Å². The number of ketones is 1. The van der Waals surface area contributed by atoms with Crippen LogP contribution in [-0.4, -0.2) is 10.8 Å². The van der Waals surface area contributed by atoms with Crippen molar-refractivity contribution < 1.29 is 4.79 Å². The van der Waals surface area contributed by atoms with Crippen molar-refractivity contribution in [1.29, 1.82) is 5.26 Å². The molecule has 0 unspecified atom stereocenters. The Labute approximate surface area is 111 Å². The average molecular weight is 253 g/mol. The molecule has 3 N–H and O–H groups in total. The molecule has 19 heavy (non-hydrogen) atoms. The molecule has 0 fully saturated rings. The van der Waals surface area contributed by atoms with E-state index in [4.69, 9.17) is 5.73 Å². The molecule has 0 saturated heterocycles. The van der Waals surface area contributed by atoms with Crippen molar-refractivity contribution in [3.63, 3.8) is 0 Å². The first-order valence-corrected chi connectivity index (χ1v) is 6.07. The zero-order chi connectivity index (χ0) is 14.0. The van der Waals surface area contributed by atoms with Gasteiger partial charge in [-0.15, -0.1) is 0 Å². The number of nitrogens with zero attached hydrogens (tertiary/aromatic N) is 1. The maximum Gasteiger partial charge on any atom is 0.196 e. The molecular formula is C15H15N3O. The van der Waals surface area contributed by atoms with Gasteiger partial charge >= 0.3 is 0 Å². The zero-order valence-electron chi connectivity index (χ0n) is 10.9. The Balaban J connectivity index is 2.62. The molecular weight excluding hydrogens is 238 g/mol. The van der Waals surface area contributed by atoms with Crippen LogP contribution in [0.2, 0.25) is 0 Å². The number of carbonyl (C=O) groups is 1. The molecule has 0 aliphatic heterocycles. The number of nitriles is 1. The van der Waals surface area contributed by atoms with E-state index in [1.807, 2.05) is 26.0 Å². The van der Waals surface area contributed by atoms with Crippen LogP contribution in [0.1, 0.15) is 46.9 Å². The lowest BCUT2D eigenvalue weighted by molar-refractivity contribution is 0.103. The fraction of sp³-hybridized carbons (Fsp3) is 0.200. The molecule has 0 radical (unpaired) electrons. The number of nitrogens with two attached hydrogens (primary N) is 1. The van der Waals surface area contributed by atoms with Crippen LogP contribution < -0.4 is 5.73 Å². The summed E-state index contributed by atoms with van der Waals surface area (Å²) >= 11 is 0. The van der Waals surface area contributed by atoms with Crippen LogP contribution in [0.15, 0.2) is 30.3 Å². The van der Waals surface area contributed by atoms with E-state index in [1.54, 1.807) is 24.3 Å². The number of rotatable bonds is 3. The van der Waals surface area contributed by atoms with Gasteiger partial charge in [0, 0.05) is 11.3 Å². The summed E-state index contributed by atoms with van der Waals surface area (Å²) in [6, 6.07) is 10.9. The average Bonchev–Trinajstić information content (AvgIpc) is 2.76. The molecule has 0 spiro atoms. The van der Waals surface area contributed by atoms with Crippen molar-refractivity contribution >= 4 is 11.6 Å². The van der Waals surface area contributed by atoms with E-state index in [2.05, 4.69) is 4.98 Å². The van der Waals surface area contributed by atoms with E-state index in [9.17, 15) is 10.1 Å². The maximum absolute atomic E-state index is 12.5. The summed E-state index contributed by atoms with van der Waals surface area (Å²) in [4.78, 5) is 15.5. The van der Waals surface area contributed by atoms with Gasteiger partial charge in [0.15, 0.2) is 5.78 Å². The number of H-pyrrole nitrogens is 1. The second kappa shape index (κ2) is 4.99. The van der Waals surface area contributed by atoms with Crippen molar-refractivity contribution in [2.24, 2.45) is 0 Å². The fourth-order valence-corrected chi connectivity index (χ4v) is 2.06. The molecule has 0 atom stereocenters. The predicted molar refractivity (Wildman–Crippen MR) is 73.9 cm³/mol. The van der Waals surface area contributed by atoms with Crippen LogP contribution in [0.3, 0.4) is 0 Å². The van der Waals surface area contributed by atoms with Crippen LogP contribution in [0, 0.1) is 11.3 Å². The Morgan fingerprint density at radius 3 is 2.47 bits per heavy atom. The lowest BCUT2D eigenvalue weighted by Gasteiger charge is -2.06. The molecule has 1 heterocycles. The first kappa shape index (κ1) is 12.9. The largest absolute Gasteiger partial charge is 0.384 e. The summed E-state index contributed by atoms with van der Waals surface area (Å²) in [5.74, 6) is 0.173. The highest BCUT2D eigenvalue weighted by molar-refractivity contribution is 6.12. The van der Waals surface area contributed by atoms with Crippen molar-refractivity contribution in [2.45, 2.75) is 19.8 Å². The van der Waals surface area contributed by atoms with Crippen LogP contribution >= 0.6 is 0 Å². The van der Waals surface area contributed by atoms with E-state index >= 15 is 0 Å². The number of carbonyl (C=O) groups excluding carboxylic acids is 1. The first-order chi connectivity index (χ1) is 9.06. The third-order valence-electron chi connectivity index (χ3n) is 3.01. The normalized spacial score (nSPS) is 10.4. The van der Waals surface area contributed by atoms with Gasteiger partial charge in [-0.1, -0.05) is 44.2 Å². The molecule has 1 aromatic heterocycles. The minimum Gasteiger partial charge on any atom is -0.384 e. The van der Waals surface area contributed by atoms with E-state index in [0.717, 1.165) is 0 Å². The Hall–Kier alpha value is -2.54. The lowest BCUT2D eigenvalue weighted by Crippen LogP contribution is -2.06. The Kier molecular flexibility index (Phi) is 3.39. The van der Waals surface area contributed by atoms with Gasteiger partial charge < -0.3 is 10.7 Å².